The molecular weight excluding hydrogens is 172 g/mol. The molecule has 1 aromatic heterocycles. The molecule has 1 unspecified atom stereocenters. The van der Waals surface area contributed by atoms with Crippen LogP contribution >= 0.6 is 11.8 Å². The van der Waals surface area contributed by atoms with E-state index in [1.165, 1.54) is 5.75 Å². The number of rotatable bonds is 1. The number of thioether (sulfide) groups is 1. The first-order chi connectivity index (χ1) is 5.86. The molecule has 1 atom stereocenters. The van der Waals surface area contributed by atoms with E-state index in [1.54, 1.807) is 0 Å². The summed E-state index contributed by atoms with van der Waals surface area (Å²) in [6.07, 6.45) is 0. The smallest absolute Gasteiger partial charge is 0.154 e. The van der Waals surface area contributed by atoms with Crippen molar-refractivity contribution in [2.75, 3.05) is 18.1 Å². The first kappa shape index (κ1) is 8.13. The maximum atomic E-state index is 5.18. The quantitative estimate of drug-likeness (QED) is 0.715. The molecular formula is C8H12N2OS. The Bertz CT molecular complexity index is 255. The number of nitrogens with one attached hydrogen (secondary N) is 1. The molecule has 0 radical (unpaired) electrons. The second-order valence-electron chi connectivity index (χ2n) is 2.95. The maximum absolute atomic E-state index is 5.18. The zero-order valence-electron chi connectivity index (χ0n) is 7.04. The van der Waals surface area contributed by atoms with Crippen LogP contribution in [0.2, 0.25) is 0 Å². The highest BCUT2D eigenvalue weighted by atomic mass is 32.2. The summed E-state index contributed by atoms with van der Waals surface area (Å²) in [6, 6.07) is 2.37. The van der Waals surface area contributed by atoms with Crippen molar-refractivity contribution in [1.29, 1.82) is 0 Å². The van der Waals surface area contributed by atoms with Crippen LogP contribution in [0.25, 0.3) is 0 Å². The third kappa shape index (κ3) is 1.64. The van der Waals surface area contributed by atoms with Crippen molar-refractivity contribution in [3.05, 3.63) is 17.5 Å². The van der Waals surface area contributed by atoms with Crippen molar-refractivity contribution in [1.82, 2.24) is 10.5 Å². The lowest BCUT2D eigenvalue weighted by Gasteiger charge is -2.20. The van der Waals surface area contributed by atoms with Crippen LogP contribution in [-0.4, -0.2) is 23.2 Å². The van der Waals surface area contributed by atoms with Gasteiger partial charge in [-0.1, -0.05) is 5.16 Å². The predicted molar refractivity (Wildman–Crippen MR) is 49.3 cm³/mol. The third-order valence-corrected chi connectivity index (χ3v) is 2.97. The molecule has 0 aliphatic carbocycles. The van der Waals surface area contributed by atoms with Gasteiger partial charge in [-0.15, -0.1) is 0 Å². The maximum Gasteiger partial charge on any atom is 0.154 e. The molecule has 1 N–H and O–H groups in total. The lowest BCUT2D eigenvalue weighted by molar-refractivity contribution is 0.346. The summed E-state index contributed by atoms with van der Waals surface area (Å²) in [6.45, 7) is 3.01. The van der Waals surface area contributed by atoms with Crippen LogP contribution in [0.3, 0.4) is 0 Å². The van der Waals surface area contributed by atoms with Gasteiger partial charge in [0.2, 0.25) is 0 Å². The molecule has 1 aromatic rings. The summed E-state index contributed by atoms with van der Waals surface area (Å²) in [5, 5.41) is 7.26. The van der Waals surface area contributed by atoms with E-state index in [0.717, 1.165) is 23.8 Å². The van der Waals surface area contributed by atoms with Gasteiger partial charge < -0.3 is 9.84 Å². The van der Waals surface area contributed by atoms with Gasteiger partial charge in [-0.25, -0.2) is 0 Å². The molecule has 12 heavy (non-hydrogen) atoms. The molecule has 2 heterocycles. The number of aromatic nitrogens is 1. The van der Waals surface area contributed by atoms with Crippen molar-refractivity contribution in [2.45, 2.75) is 13.0 Å². The molecule has 0 aromatic carbocycles. The highest BCUT2D eigenvalue weighted by molar-refractivity contribution is 7.99. The summed E-state index contributed by atoms with van der Waals surface area (Å²) in [5.41, 5.74) is 0.961. The van der Waals surface area contributed by atoms with Crippen LogP contribution in [-0.2, 0) is 0 Å². The Morgan fingerprint density at radius 2 is 2.67 bits per heavy atom. The molecule has 0 saturated carbocycles. The predicted octanol–water partition coefficient (Wildman–Crippen LogP) is 1.36. The Kier molecular flexibility index (Phi) is 2.37. The Morgan fingerprint density at radius 1 is 1.75 bits per heavy atom. The van der Waals surface area contributed by atoms with Gasteiger partial charge in [0.1, 0.15) is 0 Å². The third-order valence-electron chi connectivity index (χ3n) is 1.91. The van der Waals surface area contributed by atoms with Crippen molar-refractivity contribution in [2.24, 2.45) is 0 Å². The number of nitrogens with zero attached hydrogens (tertiary/aromatic N) is 1. The molecule has 3 nitrogen and oxygen atoms in total. The van der Waals surface area contributed by atoms with Gasteiger partial charge in [0.05, 0.1) is 11.7 Å². The lowest BCUT2D eigenvalue weighted by atomic mass is 10.2. The van der Waals surface area contributed by atoms with E-state index in [-0.39, 0.29) is 0 Å². The summed E-state index contributed by atoms with van der Waals surface area (Å²) < 4.78 is 5.18. The van der Waals surface area contributed by atoms with E-state index in [0.29, 0.717) is 6.04 Å². The fourth-order valence-electron chi connectivity index (χ4n) is 1.30. The molecule has 1 fully saturated rings. The molecule has 1 aliphatic heterocycles. The monoisotopic (exact) mass is 184 g/mol. The molecule has 66 valence electrons. The largest absolute Gasteiger partial charge is 0.359 e. The second kappa shape index (κ2) is 3.49. The summed E-state index contributed by atoms with van der Waals surface area (Å²) in [4.78, 5) is 0. The molecule has 1 aliphatic rings. The average molecular weight is 184 g/mol. The Balaban J connectivity index is 2.08. The van der Waals surface area contributed by atoms with Crippen LogP contribution in [0.1, 0.15) is 17.5 Å². The van der Waals surface area contributed by atoms with E-state index in [4.69, 9.17) is 4.52 Å². The minimum atomic E-state index is 0.366. The molecule has 0 spiro atoms. The standard InChI is InChI=1S/C8H12N2OS/c1-6-4-8(11-10-6)7-5-12-3-2-9-7/h4,7,9H,2-3,5H2,1H3. The van der Waals surface area contributed by atoms with Crippen molar-refractivity contribution >= 4 is 11.8 Å². The fourth-order valence-corrected chi connectivity index (χ4v) is 2.24. The van der Waals surface area contributed by atoms with E-state index >= 15 is 0 Å². The zero-order chi connectivity index (χ0) is 8.39. The van der Waals surface area contributed by atoms with Gasteiger partial charge in [-0.3, -0.25) is 0 Å². The zero-order valence-corrected chi connectivity index (χ0v) is 7.86. The summed E-state index contributed by atoms with van der Waals surface area (Å²) >= 11 is 1.96. The first-order valence-corrected chi connectivity index (χ1v) is 5.26. The van der Waals surface area contributed by atoms with Gasteiger partial charge in [0.25, 0.3) is 0 Å². The molecule has 0 bridgehead atoms. The SMILES string of the molecule is Cc1cc(C2CSCCN2)on1. The minimum Gasteiger partial charge on any atom is -0.359 e. The van der Waals surface area contributed by atoms with Gasteiger partial charge >= 0.3 is 0 Å². The van der Waals surface area contributed by atoms with E-state index in [2.05, 4.69) is 10.5 Å². The molecule has 1 saturated heterocycles. The normalized spacial score (nSPS) is 24.2. The highest BCUT2D eigenvalue weighted by Gasteiger charge is 2.18. The van der Waals surface area contributed by atoms with Gasteiger partial charge in [-0.2, -0.15) is 11.8 Å². The van der Waals surface area contributed by atoms with Crippen molar-refractivity contribution < 1.29 is 4.52 Å². The van der Waals surface area contributed by atoms with Crippen molar-refractivity contribution in [3.8, 4) is 0 Å². The Hall–Kier alpha value is -0.480. The van der Waals surface area contributed by atoms with Crippen LogP contribution in [0.4, 0.5) is 0 Å². The van der Waals surface area contributed by atoms with E-state index < -0.39 is 0 Å². The molecule has 2 rings (SSSR count). The Labute approximate surface area is 75.9 Å². The summed E-state index contributed by atoms with van der Waals surface area (Å²) in [5.74, 6) is 3.26. The second-order valence-corrected chi connectivity index (χ2v) is 4.10. The fraction of sp³-hybridized carbons (Fsp3) is 0.625. The average Bonchev–Trinajstić information content (AvgIpc) is 2.54. The van der Waals surface area contributed by atoms with E-state index in [1.807, 2.05) is 24.8 Å². The molecule has 4 heteroatoms. The van der Waals surface area contributed by atoms with Crippen LogP contribution < -0.4 is 5.32 Å². The minimum absolute atomic E-state index is 0.366. The number of hydrogen-bond acceptors (Lipinski definition) is 4. The topological polar surface area (TPSA) is 38.1 Å². The number of aryl methyl sites for hydroxylation is 1. The summed E-state index contributed by atoms with van der Waals surface area (Å²) in [7, 11) is 0. The van der Waals surface area contributed by atoms with Crippen molar-refractivity contribution in [3.63, 3.8) is 0 Å². The first-order valence-electron chi connectivity index (χ1n) is 4.10. The van der Waals surface area contributed by atoms with Gasteiger partial charge in [0, 0.05) is 24.1 Å². The van der Waals surface area contributed by atoms with Crippen LogP contribution in [0, 0.1) is 6.92 Å². The number of hydrogen-bond donors (Lipinski definition) is 1. The van der Waals surface area contributed by atoms with E-state index in [9.17, 15) is 0 Å². The van der Waals surface area contributed by atoms with Gasteiger partial charge in [-0.05, 0) is 6.92 Å². The highest BCUT2D eigenvalue weighted by Crippen LogP contribution is 2.21. The Morgan fingerprint density at radius 3 is 3.25 bits per heavy atom. The van der Waals surface area contributed by atoms with Crippen LogP contribution in [0.15, 0.2) is 10.6 Å². The van der Waals surface area contributed by atoms with Crippen LogP contribution in [0.5, 0.6) is 0 Å². The van der Waals surface area contributed by atoms with Gasteiger partial charge in [0.15, 0.2) is 5.76 Å². The molecule has 0 amide bonds. The lowest BCUT2D eigenvalue weighted by Crippen LogP contribution is -2.29.